The summed E-state index contributed by atoms with van der Waals surface area (Å²) in [6, 6.07) is 21.8. The quantitative estimate of drug-likeness (QED) is 0.281. The van der Waals surface area contributed by atoms with E-state index in [4.69, 9.17) is 16.7 Å². The van der Waals surface area contributed by atoms with Gasteiger partial charge in [0.15, 0.2) is 0 Å². The summed E-state index contributed by atoms with van der Waals surface area (Å²) in [5.74, 6) is -0.296. The Bertz CT molecular complexity index is 1090. The molecule has 0 radical (unpaired) electrons. The molecule has 0 unspecified atom stereocenters. The zero-order chi connectivity index (χ0) is 19.0. The molecule has 4 rings (SSSR count). The highest BCUT2D eigenvalue weighted by Crippen LogP contribution is 2.38. The Morgan fingerprint density at radius 2 is 1.26 bits per heavy atom. The molecule has 0 N–H and O–H groups in total. The Hall–Kier alpha value is -1.95. The van der Waals surface area contributed by atoms with Crippen LogP contribution in [0, 0.1) is 5.82 Å². The molecular formula is C21H12Br2ClFN2. The van der Waals surface area contributed by atoms with Crippen LogP contribution in [-0.2, 0) is 0 Å². The molecule has 2 nitrogen and oxygen atoms in total. The average molecular weight is 507 g/mol. The Kier molecular flexibility index (Phi) is 5.17. The van der Waals surface area contributed by atoms with Crippen LogP contribution in [0.1, 0.15) is 0 Å². The van der Waals surface area contributed by atoms with Crippen molar-refractivity contribution in [1.82, 2.24) is 9.78 Å². The predicted octanol–water partition coefficient (Wildman–Crippen LogP) is 7.52. The molecule has 0 fully saturated rings. The summed E-state index contributed by atoms with van der Waals surface area (Å²) < 4.78 is 17.1. The van der Waals surface area contributed by atoms with Gasteiger partial charge in [0.1, 0.15) is 11.5 Å². The van der Waals surface area contributed by atoms with Crippen LogP contribution in [0.3, 0.4) is 0 Å². The molecule has 0 aliphatic carbocycles. The number of aromatic nitrogens is 2. The summed E-state index contributed by atoms with van der Waals surface area (Å²) in [4.78, 5) is 0. The van der Waals surface area contributed by atoms with Gasteiger partial charge < -0.3 is 0 Å². The fourth-order valence-corrected chi connectivity index (χ4v) is 3.68. The van der Waals surface area contributed by atoms with E-state index in [0.29, 0.717) is 10.7 Å². The Labute approximate surface area is 177 Å². The van der Waals surface area contributed by atoms with Gasteiger partial charge in [-0.2, -0.15) is 5.10 Å². The second-order valence-corrected chi connectivity index (χ2v) is 8.12. The molecule has 0 atom stereocenters. The van der Waals surface area contributed by atoms with Crippen molar-refractivity contribution >= 4 is 43.5 Å². The first kappa shape index (κ1) is 18.4. The van der Waals surface area contributed by atoms with Crippen molar-refractivity contribution in [3.05, 3.63) is 92.6 Å². The molecule has 0 aliphatic rings. The zero-order valence-corrected chi connectivity index (χ0v) is 17.8. The summed E-state index contributed by atoms with van der Waals surface area (Å²) in [5, 5.41) is 5.29. The van der Waals surface area contributed by atoms with Crippen LogP contribution in [-0.4, -0.2) is 9.78 Å². The maximum atomic E-state index is 13.4. The van der Waals surface area contributed by atoms with Gasteiger partial charge >= 0.3 is 0 Å². The first-order chi connectivity index (χ1) is 13.0. The fourth-order valence-electron chi connectivity index (χ4n) is 2.82. The lowest BCUT2D eigenvalue weighted by Crippen LogP contribution is -1.99. The van der Waals surface area contributed by atoms with Gasteiger partial charge in [-0.3, -0.25) is 0 Å². The van der Waals surface area contributed by atoms with Crippen LogP contribution in [0.4, 0.5) is 4.39 Å². The van der Waals surface area contributed by atoms with Crippen LogP contribution in [0.25, 0.3) is 28.2 Å². The zero-order valence-electron chi connectivity index (χ0n) is 13.8. The van der Waals surface area contributed by atoms with Gasteiger partial charge in [-0.25, -0.2) is 9.07 Å². The summed E-state index contributed by atoms with van der Waals surface area (Å²) in [7, 11) is 0. The molecular weight excluding hydrogens is 495 g/mol. The Morgan fingerprint density at radius 1 is 0.741 bits per heavy atom. The topological polar surface area (TPSA) is 17.8 Å². The first-order valence-electron chi connectivity index (χ1n) is 8.09. The second kappa shape index (κ2) is 7.58. The third kappa shape index (κ3) is 3.72. The number of halogens is 4. The summed E-state index contributed by atoms with van der Waals surface area (Å²) >= 11 is 13.7. The van der Waals surface area contributed by atoms with Crippen LogP contribution < -0.4 is 0 Å². The van der Waals surface area contributed by atoms with E-state index < -0.39 is 0 Å². The minimum atomic E-state index is -0.296. The van der Waals surface area contributed by atoms with E-state index in [9.17, 15) is 4.39 Å². The largest absolute Gasteiger partial charge is 0.231 e. The molecule has 0 saturated carbocycles. The summed E-state index contributed by atoms with van der Waals surface area (Å²) in [5.41, 5.74) is 3.99. The van der Waals surface area contributed by atoms with Gasteiger partial charge in [-0.15, -0.1) is 0 Å². The van der Waals surface area contributed by atoms with Crippen molar-refractivity contribution in [1.29, 1.82) is 0 Å². The number of benzene rings is 3. The van der Waals surface area contributed by atoms with Crippen LogP contribution in [0.2, 0.25) is 5.02 Å². The predicted molar refractivity (Wildman–Crippen MR) is 115 cm³/mol. The molecule has 134 valence electrons. The normalized spacial score (nSPS) is 11.0. The fraction of sp³-hybridized carbons (Fsp3) is 0. The van der Waals surface area contributed by atoms with Gasteiger partial charge in [-0.05, 0) is 48.5 Å². The Balaban J connectivity index is 1.95. The highest BCUT2D eigenvalue weighted by atomic mass is 79.9. The van der Waals surface area contributed by atoms with Crippen molar-refractivity contribution in [3.63, 3.8) is 0 Å². The van der Waals surface area contributed by atoms with Crippen LogP contribution in [0.15, 0.2) is 81.7 Å². The summed E-state index contributed by atoms with van der Waals surface area (Å²) in [6.45, 7) is 0. The maximum absolute atomic E-state index is 13.4. The lowest BCUT2D eigenvalue weighted by atomic mass is 10.1. The molecule has 0 bridgehead atoms. The summed E-state index contributed by atoms with van der Waals surface area (Å²) in [6.07, 6.45) is 0. The minimum Gasteiger partial charge on any atom is -0.231 e. The third-order valence-corrected chi connectivity index (χ3v) is 5.55. The van der Waals surface area contributed by atoms with E-state index in [1.54, 1.807) is 16.8 Å². The van der Waals surface area contributed by atoms with E-state index in [2.05, 4.69) is 31.9 Å². The van der Waals surface area contributed by atoms with Crippen molar-refractivity contribution in [2.45, 2.75) is 0 Å². The molecule has 0 spiro atoms. The van der Waals surface area contributed by atoms with Crippen LogP contribution in [0.5, 0.6) is 0 Å². The van der Waals surface area contributed by atoms with E-state index in [-0.39, 0.29) is 5.82 Å². The minimum absolute atomic E-state index is 0.296. The molecule has 0 aliphatic heterocycles. The Morgan fingerprint density at radius 3 is 1.81 bits per heavy atom. The lowest BCUT2D eigenvalue weighted by molar-refractivity contribution is 0.627. The van der Waals surface area contributed by atoms with Crippen molar-refractivity contribution in [2.75, 3.05) is 0 Å². The van der Waals surface area contributed by atoms with Gasteiger partial charge in [0.2, 0.25) is 0 Å². The van der Waals surface area contributed by atoms with Crippen molar-refractivity contribution in [2.24, 2.45) is 0 Å². The monoisotopic (exact) mass is 504 g/mol. The van der Waals surface area contributed by atoms with Gasteiger partial charge in [0, 0.05) is 20.1 Å². The smallest absolute Gasteiger partial charge is 0.123 e. The molecule has 1 aromatic heterocycles. The van der Waals surface area contributed by atoms with E-state index >= 15 is 0 Å². The number of hydrogen-bond donors (Lipinski definition) is 0. The van der Waals surface area contributed by atoms with Gasteiger partial charge in [0.25, 0.3) is 0 Å². The van der Waals surface area contributed by atoms with E-state index in [1.807, 2.05) is 48.5 Å². The standard InChI is InChI=1S/C21H12Br2ClFN2/c22-15-5-1-13(2-6-15)20-19(24)21(14-3-7-16(23)8-4-14)27(26-20)18-11-9-17(25)10-12-18/h1-12H. The number of nitrogens with zero attached hydrogens (tertiary/aromatic N) is 2. The number of hydrogen-bond acceptors (Lipinski definition) is 1. The highest BCUT2D eigenvalue weighted by molar-refractivity contribution is 9.10. The SMILES string of the molecule is Fc1ccc(-n2nc(-c3ccc(Br)cc3)c(Cl)c2-c2ccc(Br)cc2)cc1. The molecule has 1 heterocycles. The maximum Gasteiger partial charge on any atom is 0.123 e. The molecule has 27 heavy (non-hydrogen) atoms. The average Bonchev–Trinajstić information content (AvgIpc) is 3.01. The molecule has 6 heteroatoms. The van der Waals surface area contributed by atoms with Crippen LogP contribution >= 0.6 is 43.5 Å². The molecule has 0 saturated heterocycles. The lowest BCUT2D eigenvalue weighted by Gasteiger charge is -2.08. The van der Waals surface area contributed by atoms with Gasteiger partial charge in [0.05, 0.1) is 16.4 Å². The van der Waals surface area contributed by atoms with Crippen molar-refractivity contribution in [3.8, 4) is 28.2 Å². The second-order valence-electron chi connectivity index (χ2n) is 5.91. The molecule has 3 aromatic carbocycles. The third-order valence-electron chi connectivity index (χ3n) is 4.13. The van der Waals surface area contributed by atoms with Crippen molar-refractivity contribution < 1.29 is 4.39 Å². The van der Waals surface area contributed by atoms with Gasteiger partial charge in [-0.1, -0.05) is 67.7 Å². The highest BCUT2D eigenvalue weighted by Gasteiger charge is 2.20. The van der Waals surface area contributed by atoms with E-state index in [0.717, 1.165) is 31.5 Å². The molecule has 0 amide bonds. The molecule has 4 aromatic rings. The number of rotatable bonds is 3. The van der Waals surface area contributed by atoms with E-state index in [1.165, 1.54) is 12.1 Å². The first-order valence-corrected chi connectivity index (χ1v) is 10.1.